The van der Waals surface area contributed by atoms with E-state index < -0.39 is 5.60 Å². The molecule has 3 atom stereocenters. The molecule has 0 bridgehead atoms. The van der Waals surface area contributed by atoms with Crippen molar-refractivity contribution in [2.24, 2.45) is 17.8 Å². The van der Waals surface area contributed by atoms with Crippen molar-refractivity contribution >= 4 is 17.7 Å². The lowest BCUT2D eigenvalue weighted by Crippen LogP contribution is -2.57. The van der Waals surface area contributed by atoms with E-state index >= 15 is 0 Å². The van der Waals surface area contributed by atoms with E-state index in [4.69, 9.17) is 4.74 Å². The van der Waals surface area contributed by atoms with Gasteiger partial charge in [0.1, 0.15) is 5.60 Å². The van der Waals surface area contributed by atoms with Crippen molar-refractivity contribution in [2.45, 2.75) is 64.4 Å². The molecular weight excluding hydrogens is 358 g/mol. The first-order chi connectivity index (χ1) is 13.4. The Hall–Kier alpha value is -1.63. The van der Waals surface area contributed by atoms with E-state index in [-0.39, 0.29) is 36.1 Å². The average molecular weight is 394 g/mol. The maximum absolute atomic E-state index is 12.6. The number of amides is 3. The van der Waals surface area contributed by atoms with Crippen molar-refractivity contribution in [1.29, 1.82) is 0 Å². The molecule has 0 aromatic heterocycles. The van der Waals surface area contributed by atoms with Gasteiger partial charge in [0.05, 0.1) is 19.7 Å². The third-order valence-electron chi connectivity index (χ3n) is 6.47. The van der Waals surface area contributed by atoms with Crippen LogP contribution in [-0.2, 0) is 19.1 Å². The molecule has 0 aromatic carbocycles. The average Bonchev–Trinajstić information content (AvgIpc) is 3.50. The van der Waals surface area contributed by atoms with Crippen molar-refractivity contribution < 1.29 is 19.1 Å². The smallest absolute Gasteiger partial charge is 0.239 e. The monoisotopic (exact) mass is 393 g/mol. The molecule has 2 aliphatic carbocycles. The lowest BCUT2D eigenvalue weighted by atomic mass is 9.89. The second-order valence-electron chi connectivity index (χ2n) is 8.90. The summed E-state index contributed by atoms with van der Waals surface area (Å²) in [7, 11) is 0. The summed E-state index contributed by atoms with van der Waals surface area (Å²) in [5.41, 5.74) is -0.590. The van der Waals surface area contributed by atoms with E-state index in [2.05, 4.69) is 17.6 Å². The van der Waals surface area contributed by atoms with Crippen LogP contribution in [0.25, 0.3) is 0 Å². The third kappa shape index (κ3) is 5.46. The van der Waals surface area contributed by atoms with Crippen molar-refractivity contribution in [1.82, 2.24) is 15.5 Å². The van der Waals surface area contributed by atoms with Gasteiger partial charge in [-0.3, -0.25) is 14.4 Å². The lowest BCUT2D eigenvalue weighted by molar-refractivity contribution is -0.150. The molecule has 1 aliphatic heterocycles. The number of ether oxygens (including phenoxy) is 1. The molecule has 2 N–H and O–H groups in total. The summed E-state index contributed by atoms with van der Waals surface area (Å²) in [6, 6.07) is 0. The quantitative estimate of drug-likeness (QED) is 0.686. The summed E-state index contributed by atoms with van der Waals surface area (Å²) < 4.78 is 5.87. The summed E-state index contributed by atoms with van der Waals surface area (Å²) in [5.74, 6) is 0.764. The Morgan fingerprint density at radius 3 is 2.57 bits per heavy atom. The van der Waals surface area contributed by atoms with Gasteiger partial charge in [0, 0.05) is 24.9 Å². The Labute approximate surface area is 167 Å². The predicted molar refractivity (Wildman–Crippen MR) is 105 cm³/mol. The van der Waals surface area contributed by atoms with Gasteiger partial charge >= 0.3 is 0 Å². The second kappa shape index (κ2) is 9.25. The normalized spacial score (nSPS) is 30.6. The van der Waals surface area contributed by atoms with E-state index in [1.165, 1.54) is 6.42 Å². The molecule has 3 fully saturated rings. The summed E-state index contributed by atoms with van der Waals surface area (Å²) >= 11 is 0. The van der Waals surface area contributed by atoms with Crippen LogP contribution in [0.3, 0.4) is 0 Å². The maximum Gasteiger partial charge on any atom is 0.239 e. The zero-order chi connectivity index (χ0) is 20.1. The molecule has 7 nitrogen and oxygen atoms in total. The van der Waals surface area contributed by atoms with Crippen LogP contribution in [0.4, 0.5) is 0 Å². The maximum atomic E-state index is 12.6. The van der Waals surface area contributed by atoms with E-state index in [1.54, 1.807) is 0 Å². The van der Waals surface area contributed by atoms with Crippen molar-refractivity contribution in [3.63, 3.8) is 0 Å². The zero-order valence-electron chi connectivity index (χ0n) is 17.3. The van der Waals surface area contributed by atoms with E-state index in [1.807, 2.05) is 11.8 Å². The van der Waals surface area contributed by atoms with Crippen LogP contribution in [0.2, 0.25) is 0 Å². The van der Waals surface area contributed by atoms with Crippen LogP contribution >= 0.6 is 0 Å². The molecule has 3 aliphatic rings. The van der Waals surface area contributed by atoms with Gasteiger partial charge in [0.15, 0.2) is 0 Å². The van der Waals surface area contributed by atoms with Gasteiger partial charge in [-0.05, 0) is 32.1 Å². The molecule has 1 saturated heterocycles. The summed E-state index contributed by atoms with van der Waals surface area (Å²) in [5, 5.41) is 5.62. The molecule has 7 heteroatoms. The first kappa shape index (κ1) is 21.1. The van der Waals surface area contributed by atoms with Gasteiger partial charge in [-0.25, -0.2) is 0 Å². The highest BCUT2D eigenvalue weighted by Gasteiger charge is 2.45. The Kier molecular flexibility index (Phi) is 6.96. The molecular formula is C21H35N3O4. The van der Waals surface area contributed by atoms with Crippen LogP contribution in [0.5, 0.6) is 0 Å². The van der Waals surface area contributed by atoms with E-state index in [0.717, 1.165) is 38.5 Å². The predicted octanol–water partition coefficient (Wildman–Crippen LogP) is 1.46. The molecule has 158 valence electrons. The fourth-order valence-electron chi connectivity index (χ4n) is 4.49. The highest BCUT2D eigenvalue weighted by atomic mass is 16.5. The molecule has 0 radical (unpaired) electrons. The van der Waals surface area contributed by atoms with Gasteiger partial charge in [0.25, 0.3) is 0 Å². The van der Waals surface area contributed by atoms with Gasteiger partial charge in [-0.15, -0.1) is 0 Å². The molecule has 28 heavy (non-hydrogen) atoms. The lowest BCUT2D eigenvalue weighted by Gasteiger charge is -2.40. The van der Waals surface area contributed by atoms with Crippen LogP contribution < -0.4 is 10.6 Å². The van der Waals surface area contributed by atoms with E-state index in [0.29, 0.717) is 32.2 Å². The molecule has 0 aromatic rings. The SMILES string of the molecule is CC[C@@H]1C[C@H]1C(=O)N1CCOC(C)(CNC(=O)CNC(=O)C2CCCCC2)C1. The van der Waals surface area contributed by atoms with Gasteiger partial charge in [-0.2, -0.15) is 0 Å². The van der Waals surface area contributed by atoms with Crippen molar-refractivity contribution in [3.8, 4) is 0 Å². The summed E-state index contributed by atoms with van der Waals surface area (Å²) in [4.78, 5) is 38.8. The van der Waals surface area contributed by atoms with Crippen LogP contribution in [-0.4, -0.2) is 61.0 Å². The fraction of sp³-hybridized carbons (Fsp3) is 0.857. The number of hydrogen-bond acceptors (Lipinski definition) is 4. The molecule has 3 rings (SSSR count). The highest BCUT2D eigenvalue weighted by Crippen LogP contribution is 2.42. The number of morpholine rings is 1. The Morgan fingerprint density at radius 1 is 1.14 bits per heavy atom. The minimum atomic E-state index is -0.590. The molecule has 0 spiro atoms. The molecule has 1 unspecified atom stereocenters. The molecule has 3 amide bonds. The topological polar surface area (TPSA) is 87.7 Å². The highest BCUT2D eigenvalue weighted by molar-refractivity contribution is 5.86. The largest absolute Gasteiger partial charge is 0.370 e. The van der Waals surface area contributed by atoms with Gasteiger partial charge < -0.3 is 20.3 Å². The first-order valence-corrected chi connectivity index (χ1v) is 10.9. The molecule has 2 saturated carbocycles. The number of nitrogens with zero attached hydrogens (tertiary/aromatic N) is 1. The van der Waals surface area contributed by atoms with Gasteiger partial charge in [-0.1, -0.05) is 32.6 Å². The summed E-state index contributed by atoms with van der Waals surface area (Å²) in [6.07, 6.45) is 7.28. The third-order valence-corrected chi connectivity index (χ3v) is 6.47. The van der Waals surface area contributed by atoms with Gasteiger partial charge in [0.2, 0.25) is 17.7 Å². The fourth-order valence-corrected chi connectivity index (χ4v) is 4.49. The Bertz CT molecular complexity index is 590. The minimum Gasteiger partial charge on any atom is -0.370 e. The number of carbonyl (C=O) groups excluding carboxylic acids is 3. The molecule has 1 heterocycles. The minimum absolute atomic E-state index is 0.00564. The number of nitrogens with one attached hydrogen (secondary N) is 2. The first-order valence-electron chi connectivity index (χ1n) is 10.9. The number of hydrogen-bond donors (Lipinski definition) is 2. The van der Waals surface area contributed by atoms with Crippen LogP contribution in [0, 0.1) is 17.8 Å². The number of carbonyl (C=O) groups is 3. The second-order valence-corrected chi connectivity index (χ2v) is 8.90. The zero-order valence-corrected chi connectivity index (χ0v) is 17.3. The Morgan fingerprint density at radius 2 is 1.89 bits per heavy atom. The van der Waals surface area contributed by atoms with Crippen LogP contribution in [0.1, 0.15) is 58.8 Å². The van der Waals surface area contributed by atoms with Crippen molar-refractivity contribution in [3.05, 3.63) is 0 Å². The van der Waals surface area contributed by atoms with E-state index in [9.17, 15) is 14.4 Å². The van der Waals surface area contributed by atoms with Crippen molar-refractivity contribution in [2.75, 3.05) is 32.8 Å². The standard InChI is InChI=1S/C21H35N3O4/c1-3-15-11-17(15)20(27)24-9-10-28-21(2,14-24)13-23-18(25)12-22-19(26)16-7-5-4-6-8-16/h15-17H,3-14H2,1-2H3,(H,22,26)(H,23,25)/t15-,17-,21?/m1/s1. The Balaban J connectivity index is 1.39. The van der Waals surface area contributed by atoms with Crippen LogP contribution in [0.15, 0.2) is 0 Å². The summed E-state index contributed by atoms with van der Waals surface area (Å²) in [6.45, 7) is 5.98. The number of rotatable bonds is 7.